The van der Waals surface area contributed by atoms with E-state index in [9.17, 15) is 25.0 Å². The molecule has 0 radical (unpaired) electrons. The number of rotatable bonds is 9. The maximum Gasteiger partial charge on any atom is 0.311 e. The summed E-state index contributed by atoms with van der Waals surface area (Å²) >= 11 is 3.38. The van der Waals surface area contributed by atoms with Gasteiger partial charge < -0.3 is 4.74 Å². The van der Waals surface area contributed by atoms with Crippen LogP contribution in [0.2, 0.25) is 0 Å². The molecule has 4 rings (SSSR count). The van der Waals surface area contributed by atoms with E-state index in [1.54, 1.807) is 18.2 Å². The summed E-state index contributed by atoms with van der Waals surface area (Å²) in [5.74, 6) is 0.457. The predicted octanol–water partition coefficient (Wildman–Crippen LogP) is 5.95. The van der Waals surface area contributed by atoms with Crippen LogP contribution in [0, 0.1) is 20.2 Å². The zero-order chi connectivity index (χ0) is 27.4. The molecule has 1 heterocycles. The number of aromatic nitrogens is 2. The van der Waals surface area contributed by atoms with Crippen LogP contribution in [0.5, 0.6) is 5.75 Å². The van der Waals surface area contributed by atoms with Crippen LogP contribution in [0.25, 0.3) is 10.9 Å². The van der Waals surface area contributed by atoms with Crippen molar-refractivity contribution in [1.29, 1.82) is 0 Å². The first-order chi connectivity index (χ1) is 18.2. The number of nitrogens with zero attached hydrogens (tertiary/aromatic N) is 5. The van der Waals surface area contributed by atoms with Gasteiger partial charge in [0.15, 0.2) is 5.75 Å². The first-order valence-electron chi connectivity index (χ1n) is 11.6. The molecule has 12 heteroatoms. The van der Waals surface area contributed by atoms with Gasteiger partial charge in [-0.05, 0) is 54.4 Å². The van der Waals surface area contributed by atoms with Crippen molar-refractivity contribution in [3.63, 3.8) is 0 Å². The van der Waals surface area contributed by atoms with Gasteiger partial charge in [0.25, 0.3) is 11.2 Å². The van der Waals surface area contributed by atoms with E-state index in [0.717, 1.165) is 10.9 Å². The SMILES string of the molecule is CC[C@H](C)c1nc2ccc(Br)cc2c(=O)n1N=Cc1ccc(OCc2ccc([N+](=O)[O-])cc2)c([N+](=O)[O-])c1. The van der Waals surface area contributed by atoms with Gasteiger partial charge in [0.2, 0.25) is 0 Å². The Labute approximate surface area is 224 Å². The van der Waals surface area contributed by atoms with Crippen LogP contribution in [0.4, 0.5) is 11.4 Å². The number of nitro benzene ring substituents is 2. The average Bonchev–Trinajstić information content (AvgIpc) is 2.91. The molecule has 0 aliphatic heterocycles. The van der Waals surface area contributed by atoms with Crippen molar-refractivity contribution in [1.82, 2.24) is 9.66 Å². The number of benzene rings is 3. The largest absolute Gasteiger partial charge is 0.482 e. The first-order valence-corrected chi connectivity index (χ1v) is 12.4. The number of ether oxygens (including phenoxy) is 1. The van der Waals surface area contributed by atoms with E-state index < -0.39 is 9.85 Å². The summed E-state index contributed by atoms with van der Waals surface area (Å²) in [6.07, 6.45) is 2.10. The summed E-state index contributed by atoms with van der Waals surface area (Å²) in [5, 5.41) is 27.3. The molecule has 0 aliphatic rings. The van der Waals surface area contributed by atoms with Gasteiger partial charge in [-0.2, -0.15) is 9.78 Å². The number of hydrogen-bond acceptors (Lipinski definition) is 8. The molecule has 38 heavy (non-hydrogen) atoms. The minimum atomic E-state index is -0.575. The quantitative estimate of drug-likeness (QED) is 0.135. The number of non-ortho nitro benzene ring substituents is 1. The lowest BCUT2D eigenvalue weighted by atomic mass is 10.1. The number of hydrogen-bond donors (Lipinski definition) is 0. The Morgan fingerprint density at radius 3 is 2.47 bits per heavy atom. The number of halogens is 1. The molecule has 0 amide bonds. The van der Waals surface area contributed by atoms with E-state index >= 15 is 0 Å². The molecular formula is C26H22BrN5O6. The summed E-state index contributed by atoms with van der Waals surface area (Å²) in [4.78, 5) is 39.4. The normalized spacial score (nSPS) is 12.1. The zero-order valence-electron chi connectivity index (χ0n) is 20.4. The molecule has 0 unspecified atom stereocenters. The second kappa shape index (κ2) is 11.3. The average molecular weight is 580 g/mol. The highest BCUT2D eigenvalue weighted by atomic mass is 79.9. The molecule has 4 aromatic rings. The van der Waals surface area contributed by atoms with Crippen molar-refractivity contribution >= 4 is 44.4 Å². The van der Waals surface area contributed by atoms with Gasteiger partial charge >= 0.3 is 5.69 Å². The summed E-state index contributed by atoms with van der Waals surface area (Å²) in [6.45, 7) is 3.91. The molecule has 0 spiro atoms. The van der Waals surface area contributed by atoms with Crippen LogP contribution in [0.3, 0.4) is 0 Å². The molecule has 0 saturated heterocycles. The maximum absolute atomic E-state index is 13.3. The van der Waals surface area contributed by atoms with E-state index in [-0.39, 0.29) is 35.2 Å². The first kappa shape index (κ1) is 26.6. The van der Waals surface area contributed by atoms with Crippen LogP contribution in [-0.4, -0.2) is 25.7 Å². The third-order valence-corrected chi connectivity index (χ3v) is 6.42. The van der Waals surface area contributed by atoms with Gasteiger partial charge in [0.1, 0.15) is 12.4 Å². The fourth-order valence-corrected chi connectivity index (χ4v) is 4.02. The summed E-state index contributed by atoms with van der Waals surface area (Å²) < 4.78 is 7.58. The Bertz CT molecular complexity index is 1620. The predicted molar refractivity (Wildman–Crippen MR) is 146 cm³/mol. The minimum Gasteiger partial charge on any atom is -0.482 e. The lowest BCUT2D eigenvalue weighted by molar-refractivity contribution is -0.386. The fraction of sp³-hybridized carbons (Fsp3) is 0.192. The van der Waals surface area contributed by atoms with Crippen LogP contribution in [0.1, 0.15) is 43.1 Å². The molecule has 11 nitrogen and oxygen atoms in total. The molecule has 1 atom stereocenters. The molecule has 0 N–H and O–H groups in total. The Kier molecular flexibility index (Phi) is 7.91. The monoisotopic (exact) mass is 579 g/mol. The third kappa shape index (κ3) is 5.75. The van der Waals surface area contributed by atoms with Crippen molar-refractivity contribution in [2.75, 3.05) is 0 Å². The fourth-order valence-electron chi connectivity index (χ4n) is 3.66. The second-order valence-electron chi connectivity index (χ2n) is 8.50. The van der Waals surface area contributed by atoms with Gasteiger partial charge in [0.05, 0.1) is 27.0 Å². The highest BCUT2D eigenvalue weighted by molar-refractivity contribution is 9.10. The molecule has 0 bridgehead atoms. The van der Waals surface area contributed by atoms with Crippen LogP contribution < -0.4 is 10.3 Å². The third-order valence-electron chi connectivity index (χ3n) is 5.93. The Morgan fingerprint density at radius 1 is 1.08 bits per heavy atom. The molecule has 0 saturated carbocycles. The van der Waals surface area contributed by atoms with Crippen molar-refractivity contribution in [3.8, 4) is 5.75 Å². The van der Waals surface area contributed by atoms with Gasteiger partial charge in [-0.25, -0.2) is 4.98 Å². The summed E-state index contributed by atoms with van der Waals surface area (Å²) in [5.41, 5.74) is 0.864. The topological polar surface area (TPSA) is 143 Å². The van der Waals surface area contributed by atoms with Gasteiger partial charge in [0, 0.05) is 34.2 Å². The standard InChI is InChI=1S/C26H22BrN5O6/c1-3-16(2)25-29-22-10-7-19(27)13-21(22)26(33)30(25)28-14-18-6-11-24(23(12-18)32(36)37)38-15-17-4-8-20(9-5-17)31(34)35/h4-14,16H,3,15H2,1-2H3/t16-/m0/s1. The Morgan fingerprint density at radius 2 is 1.82 bits per heavy atom. The lowest BCUT2D eigenvalue weighted by Crippen LogP contribution is -2.23. The molecule has 3 aromatic carbocycles. The van der Waals surface area contributed by atoms with Crippen LogP contribution in [-0.2, 0) is 6.61 Å². The highest BCUT2D eigenvalue weighted by Crippen LogP contribution is 2.29. The number of nitro groups is 2. The highest BCUT2D eigenvalue weighted by Gasteiger charge is 2.18. The van der Waals surface area contributed by atoms with Gasteiger partial charge in [-0.3, -0.25) is 25.0 Å². The molecule has 1 aromatic heterocycles. The van der Waals surface area contributed by atoms with Gasteiger partial charge in [-0.15, -0.1) is 0 Å². The van der Waals surface area contributed by atoms with Crippen LogP contribution >= 0.6 is 15.9 Å². The molecule has 194 valence electrons. The van der Waals surface area contributed by atoms with E-state index in [1.165, 1.54) is 47.3 Å². The van der Waals surface area contributed by atoms with Crippen molar-refractivity contribution in [2.45, 2.75) is 32.8 Å². The molecule has 0 fully saturated rings. The van der Waals surface area contributed by atoms with E-state index in [4.69, 9.17) is 4.74 Å². The van der Waals surface area contributed by atoms with Crippen molar-refractivity contribution in [2.24, 2.45) is 5.10 Å². The van der Waals surface area contributed by atoms with Crippen LogP contribution in [0.15, 0.2) is 75.0 Å². The summed E-state index contributed by atoms with van der Waals surface area (Å²) in [7, 11) is 0. The minimum absolute atomic E-state index is 0.0156. The smallest absolute Gasteiger partial charge is 0.311 e. The number of fused-ring (bicyclic) bond motifs is 1. The van der Waals surface area contributed by atoms with Crippen molar-refractivity contribution in [3.05, 3.63) is 113 Å². The van der Waals surface area contributed by atoms with E-state index in [1.807, 2.05) is 19.9 Å². The summed E-state index contributed by atoms with van der Waals surface area (Å²) in [6, 6.07) is 15.3. The maximum atomic E-state index is 13.3. The second-order valence-corrected chi connectivity index (χ2v) is 9.41. The van der Waals surface area contributed by atoms with E-state index in [0.29, 0.717) is 27.9 Å². The van der Waals surface area contributed by atoms with E-state index in [2.05, 4.69) is 26.0 Å². The van der Waals surface area contributed by atoms with Gasteiger partial charge in [-0.1, -0.05) is 29.8 Å². The molecular weight excluding hydrogens is 558 g/mol. The Hall–Kier alpha value is -4.45. The van der Waals surface area contributed by atoms with Crippen molar-refractivity contribution < 1.29 is 14.6 Å². The Balaban J connectivity index is 1.65. The lowest BCUT2D eigenvalue weighted by Gasteiger charge is -2.14. The molecule has 0 aliphatic carbocycles. The zero-order valence-corrected chi connectivity index (χ0v) is 22.0.